The van der Waals surface area contributed by atoms with Gasteiger partial charge >= 0.3 is 12.1 Å². The number of esters is 1. The maximum Gasteiger partial charge on any atom is 0.416 e. The number of aryl methyl sites for hydroxylation is 1. The van der Waals surface area contributed by atoms with Crippen LogP contribution in [-0.2, 0) is 22.1 Å². The van der Waals surface area contributed by atoms with Gasteiger partial charge in [-0.25, -0.2) is 4.79 Å². The molecule has 0 spiro atoms. The topological polar surface area (TPSA) is 58.9 Å². The van der Waals surface area contributed by atoms with Crippen molar-refractivity contribution in [1.29, 1.82) is 0 Å². The second kappa shape index (κ2) is 7.10. The molecule has 0 bridgehead atoms. The highest BCUT2D eigenvalue weighted by molar-refractivity contribution is 6.36. The van der Waals surface area contributed by atoms with Crippen LogP contribution in [0.1, 0.15) is 31.4 Å². The normalized spacial score (nSPS) is 12.6. The highest BCUT2D eigenvalue weighted by Crippen LogP contribution is 2.29. The van der Waals surface area contributed by atoms with E-state index in [0.717, 1.165) is 12.1 Å². The van der Waals surface area contributed by atoms with Gasteiger partial charge < -0.3 is 9.94 Å². The maximum atomic E-state index is 12.6. The van der Waals surface area contributed by atoms with Gasteiger partial charge in [-0.15, -0.1) is 0 Å². The Hall–Kier alpha value is -2.05. The van der Waals surface area contributed by atoms with E-state index in [2.05, 4.69) is 5.16 Å². The van der Waals surface area contributed by atoms with Crippen LogP contribution in [0.4, 0.5) is 13.2 Å². The summed E-state index contributed by atoms with van der Waals surface area (Å²) in [7, 11) is 0. The van der Waals surface area contributed by atoms with E-state index in [-0.39, 0.29) is 24.7 Å². The van der Waals surface area contributed by atoms with Crippen molar-refractivity contribution >= 4 is 11.7 Å². The summed E-state index contributed by atoms with van der Waals surface area (Å²) in [5, 5.41) is 11.6. The lowest BCUT2D eigenvalue weighted by atomic mass is 10.0. The first kappa shape index (κ1) is 17.0. The molecule has 0 amide bonds. The third-order valence-corrected chi connectivity index (χ3v) is 2.60. The molecule has 0 aromatic heterocycles. The fraction of sp³-hybridized carbons (Fsp3) is 0.429. The maximum absolute atomic E-state index is 12.6. The second-order valence-corrected chi connectivity index (χ2v) is 4.70. The molecule has 4 nitrogen and oxygen atoms in total. The zero-order chi connectivity index (χ0) is 16.0. The molecular weight excluding hydrogens is 287 g/mol. The molecule has 0 radical (unpaired) electrons. The van der Waals surface area contributed by atoms with Crippen molar-refractivity contribution in [3.63, 3.8) is 0 Å². The first-order valence-electron chi connectivity index (χ1n) is 6.32. The van der Waals surface area contributed by atoms with Gasteiger partial charge in [-0.3, -0.25) is 0 Å². The minimum absolute atomic E-state index is 0.0106. The van der Waals surface area contributed by atoms with Crippen LogP contribution in [-0.4, -0.2) is 23.0 Å². The van der Waals surface area contributed by atoms with Crippen LogP contribution in [0.15, 0.2) is 29.4 Å². The average molecular weight is 303 g/mol. The van der Waals surface area contributed by atoms with E-state index >= 15 is 0 Å². The molecule has 1 rings (SSSR count). The Labute approximate surface area is 120 Å². The number of rotatable bonds is 5. The van der Waals surface area contributed by atoms with Gasteiger partial charge in [-0.05, 0) is 31.9 Å². The summed E-state index contributed by atoms with van der Waals surface area (Å²) in [6, 6.07) is 4.78. The third-order valence-electron chi connectivity index (χ3n) is 2.60. The summed E-state index contributed by atoms with van der Waals surface area (Å²) < 4.78 is 42.6. The van der Waals surface area contributed by atoms with Crippen LogP contribution in [0.3, 0.4) is 0 Å². The number of ether oxygens (including phenoxy) is 1. The highest BCUT2D eigenvalue weighted by atomic mass is 19.4. The Morgan fingerprint density at radius 1 is 1.38 bits per heavy atom. The van der Waals surface area contributed by atoms with Gasteiger partial charge in [0, 0.05) is 6.42 Å². The van der Waals surface area contributed by atoms with Crippen molar-refractivity contribution in [1.82, 2.24) is 0 Å². The number of alkyl halides is 3. The van der Waals surface area contributed by atoms with E-state index in [1.165, 1.54) is 12.1 Å². The fourth-order valence-electron chi connectivity index (χ4n) is 1.64. The predicted molar refractivity (Wildman–Crippen MR) is 70.2 cm³/mol. The summed E-state index contributed by atoms with van der Waals surface area (Å²) in [5.74, 6) is -0.778. The fourth-order valence-corrected chi connectivity index (χ4v) is 1.64. The third kappa shape index (κ3) is 5.45. The smallest absolute Gasteiger partial charge is 0.416 e. The second-order valence-electron chi connectivity index (χ2n) is 4.70. The molecule has 0 aliphatic heterocycles. The molecule has 116 valence electrons. The monoisotopic (exact) mass is 303 g/mol. The number of halogens is 3. The van der Waals surface area contributed by atoms with Gasteiger partial charge in [0.05, 0.1) is 11.7 Å². The Morgan fingerprint density at radius 2 is 2.05 bits per heavy atom. The lowest BCUT2D eigenvalue weighted by Gasteiger charge is -2.10. The Balaban J connectivity index is 2.72. The van der Waals surface area contributed by atoms with Crippen LogP contribution in [0.2, 0.25) is 0 Å². The lowest BCUT2D eigenvalue weighted by molar-refractivity contribution is -0.139. The lowest BCUT2D eigenvalue weighted by Crippen LogP contribution is -2.21. The summed E-state index contributed by atoms with van der Waals surface area (Å²) in [6.07, 6.45) is -4.66. The molecule has 0 heterocycles. The molecule has 1 N–H and O–H groups in total. The van der Waals surface area contributed by atoms with Gasteiger partial charge in [0.25, 0.3) is 0 Å². The Bertz CT molecular complexity index is 524. The van der Waals surface area contributed by atoms with E-state index < -0.39 is 17.7 Å². The number of nitrogens with zero attached hydrogens (tertiary/aromatic N) is 1. The first-order chi connectivity index (χ1) is 9.74. The minimum Gasteiger partial charge on any atom is -0.458 e. The average Bonchev–Trinajstić information content (AvgIpc) is 2.38. The Morgan fingerprint density at radius 3 is 2.57 bits per heavy atom. The Kier molecular flexibility index (Phi) is 5.75. The molecule has 0 aliphatic carbocycles. The number of carbonyl (C=O) groups is 1. The number of oxime groups is 1. The van der Waals surface area contributed by atoms with Crippen molar-refractivity contribution in [3.05, 3.63) is 35.4 Å². The van der Waals surface area contributed by atoms with E-state index in [9.17, 15) is 18.0 Å². The van der Waals surface area contributed by atoms with Gasteiger partial charge in [-0.2, -0.15) is 13.2 Å². The van der Waals surface area contributed by atoms with Gasteiger partial charge in [-0.1, -0.05) is 23.4 Å². The van der Waals surface area contributed by atoms with E-state index in [1.54, 1.807) is 13.8 Å². The minimum atomic E-state index is -4.42. The van der Waals surface area contributed by atoms with Gasteiger partial charge in [0.15, 0.2) is 5.71 Å². The van der Waals surface area contributed by atoms with Gasteiger partial charge in [0.2, 0.25) is 0 Å². The molecule has 1 aromatic carbocycles. The van der Waals surface area contributed by atoms with Crippen molar-refractivity contribution in [2.45, 2.75) is 39.0 Å². The van der Waals surface area contributed by atoms with Crippen molar-refractivity contribution < 1.29 is 27.9 Å². The van der Waals surface area contributed by atoms with E-state index in [0.29, 0.717) is 5.56 Å². The molecule has 0 fully saturated rings. The highest BCUT2D eigenvalue weighted by Gasteiger charge is 2.30. The van der Waals surface area contributed by atoms with E-state index in [1.807, 2.05) is 0 Å². The number of hydrogen-bond acceptors (Lipinski definition) is 4. The predicted octanol–water partition coefficient (Wildman–Crippen LogP) is 3.42. The standard InChI is InChI=1S/C14H16F3NO3/c1-9(2)21-13(19)12(18-20)7-6-10-4-3-5-11(8-10)14(15,16)17/h3-5,8-9,20H,6-7H2,1-2H3/b18-12-. The molecule has 0 saturated carbocycles. The molecule has 0 atom stereocenters. The quantitative estimate of drug-likeness (QED) is 0.392. The van der Waals surface area contributed by atoms with Crippen LogP contribution in [0.25, 0.3) is 0 Å². The zero-order valence-corrected chi connectivity index (χ0v) is 11.6. The van der Waals surface area contributed by atoms with E-state index in [4.69, 9.17) is 9.94 Å². The summed E-state index contributed by atoms with van der Waals surface area (Å²) in [5.41, 5.74) is -0.586. The largest absolute Gasteiger partial charge is 0.458 e. The SMILES string of the molecule is CC(C)OC(=O)/C(CCc1cccc(C(F)(F)F)c1)=N\O. The van der Waals surface area contributed by atoms with Gasteiger partial charge in [0.1, 0.15) is 0 Å². The van der Waals surface area contributed by atoms with Crippen molar-refractivity contribution in [2.75, 3.05) is 0 Å². The summed E-state index contributed by atoms with van der Waals surface area (Å²) in [4.78, 5) is 11.5. The molecular formula is C14H16F3NO3. The van der Waals surface area contributed by atoms with Crippen LogP contribution in [0.5, 0.6) is 0 Å². The van der Waals surface area contributed by atoms with Crippen LogP contribution >= 0.6 is 0 Å². The first-order valence-corrected chi connectivity index (χ1v) is 6.32. The molecule has 1 aromatic rings. The molecule has 0 aliphatic rings. The number of benzene rings is 1. The van der Waals surface area contributed by atoms with Crippen molar-refractivity contribution in [2.24, 2.45) is 5.16 Å². The summed E-state index contributed by atoms with van der Waals surface area (Å²) >= 11 is 0. The number of hydrogen-bond donors (Lipinski definition) is 1. The van der Waals surface area contributed by atoms with Crippen molar-refractivity contribution in [3.8, 4) is 0 Å². The number of carbonyl (C=O) groups excluding carboxylic acids is 1. The molecule has 0 saturated heterocycles. The van der Waals surface area contributed by atoms with Crippen LogP contribution in [0, 0.1) is 0 Å². The summed E-state index contributed by atoms with van der Waals surface area (Å²) in [6.45, 7) is 3.28. The molecule has 0 unspecified atom stereocenters. The van der Waals surface area contributed by atoms with Crippen LogP contribution < -0.4 is 0 Å². The molecule has 21 heavy (non-hydrogen) atoms. The zero-order valence-electron chi connectivity index (χ0n) is 11.6. The molecule has 7 heteroatoms.